The minimum absolute atomic E-state index is 0.0810. The SMILES string of the molecule is O=C(c1cncn1-c1ccc(F)cc1)N1CCN(c2cccc(Cl)c2)CC1. The maximum atomic E-state index is 13.2. The van der Waals surface area contributed by atoms with E-state index in [1.165, 1.54) is 12.1 Å². The minimum Gasteiger partial charge on any atom is -0.368 e. The van der Waals surface area contributed by atoms with Crippen LogP contribution in [0.1, 0.15) is 10.5 Å². The number of aromatic nitrogens is 2. The second kappa shape index (κ2) is 7.40. The molecule has 4 rings (SSSR count). The van der Waals surface area contributed by atoms with Crippen molar-refractivity contribution in [2.24, 2.45) is 0 Å². The molecule has 0 radical (unpaired) electrons. The molecule has 0 spiro atoms. The van der Waals surface area contributed by atoms with Gasteiger partial charge in [-0.25, -0.2) is 9.37 Å². The van der Waals surface area contributed by atoms with Gasteiger partial charge < -0.3 is 9.80 Å². The zero-order chi connectivity index (χ0) is 18.8. The molecule has 0 bridgehead atoms. The third kappa shape index (κ3) is 3.66. The van der Waals surface area contributed by atoms with Crippen LogP contribution >= 0.6 is 11.6 Å². The number of anilines is 1. The molecule has 0 unspecified atom stereocenters. The predicted molar refractivity (Wildman–Crippen MR) is 103 cm³/mol. The van der Waals surface area contributed by atoms with Crippen LogP contribution in [0.5, 0.6) is 0 Å². The summed E-state index contributed by atoms with van der Waals surface area (Å²) in [6.45, 7) is 2.69. The summed E-state index contributed by atoms with van der Waals surface area (Å²) in [5.41, 5.74) is 2.23. The summed E-state index contributed by atoms with van der Waals surface area (Å²) < 4.78 is 14.9. The first-order valence-corrected chi connectivity index (χ1v) is 9.08. The average Bonchev–Trinajstić information content (AvgIpc) is 3.18. The number of hydrogen-bond acceptors (Lipinski definition) is 3. The number of carbonyl (C=O) groups excluding carboxylic acids is 1. The zero-order valence-electron chi connectivity index (χ0n) is 14.6. The smallest absolute Gasteiger partial charge is 0.272 e. The van der Waals surface area contributed by atoms with Gasteiger partial charge in [0.05, 0.1) is 12.5 Å². The van der Waals surface area contributed by atoms with Gasteiger partial charge in [0, 0.05) is 42.6 Å². The summed E-state index contributed by atoms with van der Waals surface area (Å²) in [7, 11) is 0. The molecule has 2 heterocycles. The topological polar surface area (TPSA) is 41.4 Å². The summed E-state index contributed by atoms with van der Waals surface area (Å²) in [4.78, 5) is 21.1. The van der Waals surface area contributed by atoms with E-state index in [0.29, 0.717) is 29.5 Å². The van der Waals surface area contributed by atoms with Crippen molar-refractivity contribution in [1.82, 2.24) is 14.5 Å². The highest BCUT2D eigenvalue weighted by molar-refractivity contribution is 6.30. The van der Waals surface area contributed by atoms with Gasteiger partial charge in [-0.1, -0.05) is 17.7 Å². The molecule has 1 aromatic heterocycles. The van der Waals surface area contributed by atoms with E-state index in [4.69, 9.17) is 11.6 Å². The number of rotatable bonds is 3. The molecule has 1 fully saturated rings. The Morgan fingerprint density at radius 3 is 2.44 bits per heavy atom. The summed E-state index contributed by atoms with van der Waals surface area (Å²) in [5.74, 6) is -0.397. The number of carbonyl (C=O) groups is 1. The number of hydrogen-bond donors (Lipinski definition) is 0. The van der Waals surface area contributed by atoms with E-state index >= 15 is 0 Å². The van der Waals surface area contributed by atoms with Crippen LogP contribution in [0.4, 0.5) is 10.1 Å². The summed E-state index contributed by atoms with van der Waals surface area (Å²) in [6.07, 6.45) is 3.12. The molecule has 138 valence electrons. The molecule has 1 saturated heterocycles. The fourth-order valence-corrected chi connectivity index (χ4v) is 3.45. The molecule has 1 amide bonds. The van der Waals surface area contributed by atoms with Gasteiger partial charge in [-0.05, 0) is 42.5 Å². The molecule has 7 heteroatoms. The van der Waals surface area contributed by atoms with Crippen LogP contribution in [0.3, 0.4) is 0 Å². The van der Waals surface area contributed by atoms with Crippen molar-refractivity contribution < 1.29 is 9.18 Å². The van der Waals surface area contributed by atoms with Gasteiger partial charge in [0.1, 0.15) is 11.5 Å². The first-order chi connectivity index (χ1) is 13.1. The van der Waals surface area contributed by atoms with Crippen LogP contribution in [0.2, 0.25) is 5.02 Å². The molecule has 2 aromatic carbocycles. The van der Waals surface area contributed by atoms with Crippen LogP contribution in [0.15, 0.2) is 61.1 Å². The lowest BCUT2D eigenvalue weighted by molar-refractivity contribution is 0.0738. The van der Waals surface area contributed by atoms with Gasteiger partial charge in [-0.3, -0.25) is 9.36 Å². The van der Waals surface area contributed by atoms with Crippen molar-refractivity contribution in [3.05, 3.63) is 77.6 Å². The largest absolute Gasteiger partial charge is 0.368 e. The van der Waals surface area contributed by atoms with E-state index in [-0.39, 0.29) is 11.7 Å². The van der Waals surface area contributed by atoms with Crippen molar-refractivity contribution in [3.63, 3.8) is 0 Å². The Labute approximate surface area is 161 Å². The standard InChI is InChI=1S/C20H18ClFN4O/c21-15-2-1-3-18(12-15)24-8-10-25(11-9-24)20(27)19-13-23-14-26(19)17-6-4-16(22)5-7-17/h1-7,12-14H,8-11H2. The van der Waals surface area contributed by atoms with Crippen molar-refractivity contribution in [3.8, 4) is 5.69 Å². The average molecular weight is 385 g/mol. The molecule has 5 nitrogen and oxygen atoms in total. The molecule has 0 N–H and O–H groups in total. The summed E-state index contributed by atoms with van der Waals surface area (Å²) in [6, 6.07) is 13.7. The second-order valence-corrected chi connectivity index (χ2v) is 6.82. The number of imidazole rings is 1. The van der Waals surface area contributed by atoms with E-state index in [0.717, 1.165) is 18.8 Å². The normalized spacial score (nSPS) is 14.4. The Bertz CT molecular complexity index is 949. The van der Waals surface area contributed by atoms with Crippen LogP contribution in [0.25, 0.3) is 5.69 Å². The molecule has 0 atom stereocenters. The maximum absolute atomic E-state index is 13.2. The highest BCUT2D eigenvalue weighted by atomic mass is 35.5. The van der Waals surface area contributed by atoms with Crippen molar-refractivity contribution >= 4 is 23.2 Å². The van der Waals surface area contributed by atoms with Gasteiger partial charge in [0.15, 0.2) is 0 Å². The fourth-order valence-electron chi connectivity index (χ4n) is 3.26. The van der Waals surface area contributed by atoms with E-state index in [1.54, 1.807) is 29.2 Å². The number of halogens is 2. The van der Waals surface area contributed by atoms with Gasteiger partial charge in [0.25, 0.3) is 5.91 Å². The summed E-state index contributed by atoms with van der Waals surface area (Å²) in [5, 5.41) is 0.703. The zero-order valence-corrected chi connectivity index (χ0v) is 15.3. The van der Waals surface area contributed by atoms with Gasteiger partial charge in [-0.2, -0.15) is 0 Å². The summed E-state index contributed by atoms with van der Waals surface area (Å²) >= 11 is 6.07. The van der Waals surface area contributed by atoms with Gasteiger partial charge >= 0.3 is 0 Å². The van der Waals surface area contributed by atoms with Crippen LogP contribution in [-0.4, -0.2) is 46.5 Å². The number of nitrogens with zero attached hydrogens (tertiary/aromatic N) is 4. The van der Waals surface area contributed by atoms with Crippen LogP contribution in [-0.2, 0) is 0 Å². The molecule has 27 heavy (non-hydrogen) atoms. The van der Waals surface area contributed by atoms with Crippen molar-refractivity contribution in [2.45, 2.75) is 0 Å². The Morgan fingerprint density at radius 1 is 1.00 bits per heavy atom. The lowest BCUT2D eigenvalue weighted by atomic mass is 10.2. The van der Waals surface area contributed by atoms with E-state index in [1.807, 2.05) is 29.2 Å². The number of piperazine rings is 1. The first kappa shape index (κ1) is 17.5. The molecular formula is C20H18ClFN4O. The highest BCUT2D eigenvalue weighted by Gasteiger charge is 2.25. The third-order valence-corrected chi connectivity index (χ3v) is 4.94. The van der Waals surface area contributed by atoms with Crippen molar-refractivity contribution in [2.75, 3.05) is 31.1 Å². The molecule has 3 aromatic rings. The number of amides is 1. The third-order valence-electron chi connectivity index (χ3n) is 4.70. The minimum atomic E-state index is -0.316. The van der Waals surface area contributed by atoms with E-state index in [9.17, 15) is 9.18 Å². The van der Waals surface area contributed by atoms with Gasteiger partial charge in [-0.15, -0.1) is 0 Å². The molecule has 0 aliphatic carbocycles. The number of benzene rings is 2. The Balaban J connectivity index is 1.47. The highest BCUT2D eigenvalue weighted by Crippen LogP contribution is 2.22. The van der Waals surface area contributed by atoms with Crippen molar-refractivity contribution in [1.29, 1.82) is 0 Å². The van der Waals surface area contributed by atoms with Gasteiger partial charge in [0.2, 0.25) is 0 Å². The Hall–Kier alpha value is -2.86. The lowest BCUT2D eigenvalue weighted by Crippen LogP contribution is -2.49. The maximum Gasteiger partial charge on any atom is 0.272 e. The fraction of sp³-hybridized carbons (Fsp3) is 0.200. The van der Waals surface area contributed by atoms with Crippen LogP contribution in [0, 0.1) is 5.82 Å². The predicted octanol–water partition coefficient (Wildman–Crippen LogP) is 3.63. The van der Waals surface area contributed by atoms with E-state index < -0.39 is 0 Å². The van der Waals surface area contributed by atoms with Crippen LogP contribution < -0.4 is 4.90 Å². The Kier molecular flexibility index (Phi) is 4.81. The first-order valence-electron chi connectivity index (χ1n) is 8.70. The molecule has 1 aliphatic heterocycles. The second-order valence-electron chi connectivity index (χ2n) is 6.38. The van der Waals surface area contributed by atoms with E-state index in [2.05, 4.69) is 9.88 Å². The monoisotopic (exact) mass is 384 g/mol. The Morgan fingerprint density at radius 2 is 1.74 bits per heavy atom. The lowest BCUT2D eigenvalue weighted by Gasteiger charge is -2.36. The quantitative estimate of drug-likeness (QED) is 0.692. The molecule has 0 saturated carbocycles. The molecule has 1 aliphatic rings. The molecular weight excluding hydrogens is 367 g/mol.